The first-order valence-electron chi connectivity index (χ1n) is 7.01. The molecule has 1 aromatic rings. The maximum Gasteiger partial charge on any atom is 0.222 e. The van der Waals surface area contributed by atoms with E-state index in [1.54, 1.807) is 18.2 Å². The second kappa shape index (κ2) is 9.31. The van der Waals surface area contributed by atoms with Gasteiger partial charge < -0.3 is 20.5 Å². The van der Waals surface area contributed by atoms with E-state index in [0.717, 1.165) is 0 Å². The average molecular weight is 298 g/mol. The Kier molecular flexibility index (Phi) is 7.71. The fourth-order valence-electron chi connectivity index (χ4n) is 1.76. The van der Waals surface area contributed by atoms with Crippen LogP contribution < -0.4 is 15.8 Å². The number of nitrogens with two attached hydrogens (primary N) is 1. The molecule has 2 atom stereocenters. The molecule has 0 aliphatic carbocycles. The molecule has 0 heterocycles. The number of carbonyl (C=O) groups excluding carboxylic acids is 1. The summed E-state index contributed by atoms with van der Waals surface area (Å²) in [5.41, 5.74) is 5.46. The molecule has 0 fully saturated rings. The summed E-state index contributed by atoms with van der Waals surface area (Å²) in [4.78, 5) is 11.7. The summed E-state index contributed by atoms with van der Waals surface area (Å²) in [5.74, 6) is -0.386. The predicted octanol–water partition coefficient (Wildman–Crippen LogP) is 1.46. The minimum atomic E-state index is -0.412. The van der Waals surface area contributed by atoms with Gasteiger partial charge in [-0.15, -0.1) is 0 Å². The highest BCUT2D eigenvalue weighted by atomic mass is 19.1. The number of hydrogen-bond donors (Lipinski definition) is 2. The number of ether oxygens (including phenoxy) is 2. The number of methoxy groups -OCH3 is 1. The Morgan fingerprint density at radius 1 is 1.38 bits per heavy atom. The minimum absolute atomic E-state index is 0.164. The van der Waals surface area contributed by atoms with Crippen LogP contribution in [-0.2, 0) is 9.53 Å². The Morgan fingerprint density at radius 2 is 2.10 bits per heavy atom. The van der Waals surface area contributed by atoms with Crippen LogP contribution in [0.15, 0.2) is 24.3 Å². The van der Waals surface area contributed by atoms with Gasteiger partial charge in [-0.25, -0.2) is 4.39 Å². The Balaban J connectivity index is 2.44. The van der Waals surface area contributed by atoms with Crippen LogP contribution in [0.2, 0.25) is 0 Å². The van der Waals surface area contributed by atoms with Gasteiger partial charge in [-0.05, 0) is 18.6 Å². The van der Waals surface area contributed by atoms with E-state index in [0.29, 0.717) is 13.0 Å². The molecule has 0 aliphatic heterocycles. The van der Waals surface area contributed by atoms with Crippen LogP contribution in [0.5, 0.6) is 5.75 Å². The summed E-state index contributed by atoms with van der Waals surface area (Å²) in [7, 11) is 1.51. The molecule has 21 heavy (non-hydrogen) atoms. The molecule has 1 amide bonds. The summed E-state index contributed by atoms with van der Waals surface area (Å²) in [6.45, 7) is 2.51. The quantitative estimate of drug-likeness (QED) is 0.724. The van der Waals surface area contributed by atoms with E-state index in [2.05, 4.69) is 5.32 Å². The summed E-state index contributed by atoms with van der Waals surface area (Å²) < 4.78 is 24.1. The van der Waals surface area contributed by atoms with Crippen molar-refractivity contribution in [2.75, 3.05) is 20.2 Å². The zero-order valence-electron chi connectivity index (χ0n) is 12.5. The van der Waals surface area contributed by atoms with Gasteiger partial charge in [-0.2, -0.15) is 0 Å². The first-order chi connectivity index (χ1) is 10.1. The number of halogens is 1. The fourth-order valence-corrected chi connectivity index (χ4v) is 1.76. The highest BCUT2D eigenvalue weighted by molar-refractivity contribution is 5.76. The lowest BCUT2D eigenvalue weighted by molar-refractivity contribution is -0.123. The number of rotatable bonds is 9. The molecule has 6 heteroatoms. The number of hydrogen-bond acceptors (Lipinski definition) is 4. The first kappa shape index (κ1) is 17.4. The Hall–Kier alpha value is -1.66. The standard InChI is InChI=1S/C15H23FN2O3/c1-3-11(21-14-7-5-4-6-13(14)16)10-18-15(19)8-12(9-17)20-2/h4-7,11-12H,3,8-10,17H2,1-2H3,(H,18,19). The van der Waals surface area contributed by atoms with Gasteiger partial charge in [0, 0.05) is 13.7 Å². The third-order valence-corrected chi connectivity index (χ3v) is 3.12. The molecule has 118 valence electrons. The van der Waals surface area contributed by atoms with E-state index in [-0.39, 0.29) is 36.8 Å². The van der Waals surface area contributed by atoms with Crippen LogP contribution in [-0.4, -0.2) is 38.3 Å². The number of para-hydroxylation sites is 1. The molecule has 3 N–H and O–H groups in total. The Morgan fingerprint density at radius 3 is 2.67 bits per heavy atom. The highest BCUT2D eigenvalue weighted by Gasteiger charge is 2.15. The molecule has 1 rings (SSSR count). The minimum Gasteiger partial charge on any atom is -0.486 e. The average Bonchev–Trinajstić information content (AvgIpc) is 2.50. The van der Waals surface area contributed by atoms with Crippen LogP contribution in [0.25, 0.3) is 0 Å². The van der Waals surface area contributed by atoms with Crippen LogP contribution in [0, 0.1) is 5.82 Å². The highest BCUT2D eigenvalue weighted by Crippen LogP contribution is 2.17. The lowest BCUT2D eigenvalue weighted by Crippen LogP contribution is -2.38. The van der Waals surface area contributed by atoms with Gasteiger partial charge in [0.15, 0.2) is 11.6 Å². The van der Waals surface area contributed by atoms with Crippen molar-refractivity contribution in [3.05, 3.63) is 30.1 Å². The molecule has 0 bridgehead atoms. The molecule has 0 spiro atoms. The zero-order valence-corrected chi connectivity index (χ0v) is 12.5. The summed E-state index contributed by atoms with van der Waals surface area (Å²) in [6.07, 6.45) is 0.268. The van der Waals surface area contributed by atoms with Gasteiger partial charge in [0.25, 0.3) is 0 Å². The third kappa shape index (κ3) is 6.10. The Bertz CT molecular complexity index is 439. The molecule has 0 aliphatic rings. The van der Waals surface area contributed by atoms with E-state index in [1.165, 1.54) is 13.2 Å². The van der Waals surface area contributed by atoms with Crippen molar-refractivity contribution in [3.63, 3.8) is 0 Å². The van der Waals surface area contributed by atoms with Gasteiger partial charge in [-0.3, -0.25) is 4.79 Å². The van der Waals surface area contributed by atoms with Crippen molar-refractivity contribution in [2.24, 2.45) is 5.73 Å². The van der Waals surface area contributed by atoms with Crippen molar-refractivity contribution in [1.29, 1.82) is 0 Å². The molecule has 0 saturated heterocycles. The molecule has 5 nitrogen and oxygen atoms in total. The predicted molar refractivity (Wildman–Crippen MR) is 78.6 cm³/mol. The number of amides is 1. The molecule has 1 aromatic carbocycles. The van der Waals surface area contributed by atoms with E-state index in [1.807, 2.05) is 6.92 Å². The van der Waals surface area contributed by atoms with Crippen LogP contribution >= 0.6 is 0 Å². The molecular formula is C15H23FN2O3. The largest absolute Gasteiger partial charge is 0.486 e. The lowest BCUT2D eigenvalue weighted by Gasteiger charge is -2.19. The van der Waals surface area contributed by atoms with Crippen molar-refractivity contribution in [2.45, 2.75) is 32.0 Å². The number of carbonyl (C=O) groups is 1. The summed E-state index contributed by atoms with van der Waals surface area (Å²) in [5, 5.41) is 2.75. The van der Waals surface area contributed by atoms with Crippen molar-refractivity contribution in [3.8, 4) is 5.75 Å². The second-order valence-electron chi connectivity index (χ2n) is 4.68. The Labute approximate surface area is 124 Å². The van der Waals surface area contributed by atoms with Crippen molar-refractivity contribution in [1.82, 2.24) is 5.32 Å². The van der Waals surface area contributed by atoms with E-state index in [4.69, 9.17) is 15.2 Å². The zero-order chi connectivity index (χ0) is 15.7. The van der Waals surface area contributed by atoms with Crippen LogP contribution in [0.3, 0.4) is 0 Å². The summed E-state index contributed by atoms with van der Waals surface area (Å²) in [6, 6.07) is 6.21. The lowest BCUT2D eigenvalue weighted by atomic mass is 10.2. The summed E-state index contributed by atoms with van der Waals surface area (Å²) >= 11 is 0. The van der Waals surface area contributed by atoms with Crippen molar-refractivity contribution < 1.29 is 18.7 Å². The molecule has 0 aromatic heterocycles. The molecule has 2 unspecified atom stereocenters. The van der Waals surface area contributed by atoms with E-state index < -0.39 is 5.82 Å². The maximum atomic E-state index is 13.5. The fraction of sp³-hybridized carbons (Fsp3) is 0.533. The molecule has 0 radical (unpaired) electrons. The number of benzene rings is 1. The first-order valence-corrected chi connectivity index (χ1v) is 7.01. The van der Waals surface area contributed by atoms with Gasteiger partial charge in [0.2, 0.25) is 5.91 Å². The van der Waals surface area contributed by atoms with Gasteiger partial charge in [0.05, 0.1) is 19.1 Å². The maximum absolute atomic E-state index is 13.5. The third-order valence-electron chi connectivity index (χ3n) is 3.12. The monoisotopic (exact) mass is 298 g/mol. The van der Waals surface area contributed by atoms with Crippen LogP contribution in [0.1, 0.15) is 19.8 Å². The molecular weight excluding hydrogens is 275 g/mol. The second-order valence-corrected chi connectivity index (χ2v) is 4.68. The smallest absolute Gasteiger partial charge is 0.222 e. The van der Waals surface area contributed by atoms with Gasteiger partial charge in [-0.1, -0.05) is 19.1 Å². The topological polar surface area (TPSA) is 73.6 Å². The number of nitrogens with one attached hydrogen (secondary N) is 1. The molecule has 0 saturated carbocycles. The van der Waals surface area contributed by atoms with Crippen molar-refractivity contribution >= 4 is 5.91 Å². The van der Waals surface area contributed by atoms with Gasteiger partial charge >= 0.3 is 0 Å². The van der Waals surface area contributed by atoms with E-state index >= 15 is 0 Å². The SMILES string of the molecule is CCC(CNC(=O)CC(CN)OC)Oc1ccccc1F. The van der Waals surface area contributed by atoms with Crippen LogP contribution in [0.4, 0.5) is 4.39 Å². The van der Waals surface area contributed by atoms with E-state index in [9.17, 15) is 9.18 Å². The normalized spacial score (nSPS) is 13.5. The van der Waals surface area contributed by atoms with Gasteiger partial charge in [0.1, 0.15) is 6.10 Å².